The Kier molecular flexibility index (Phi) is 6.30. The van der Waals surface area contributed by atoms with Crippen molar-refractivity contribution in [3.63, 3.8) is 0 Å². The van der Waals surface area contributed by atoms with Gasteiger partial charge in [-0.3, -0.25) is 0 Å². The molecule has 0 saturated carbocycles. The molecule has 0 fully saturated rings. The normalized spacial score (nSPS) is 12.6. The lowest BCUT2D eigenvalue weighted by atomic mass is 10.3. The molecule has 4 heteroatoms. The van der Waals surface area contributed by atoms with Crippen molar-refractivity contribution in [2.75, 3.05) is 19.6 Å². The maximum Gasteiger partial charge on any atom is 0.109 e. The molecule has 0 amide bonds. The molecule has 1 heterocycles. The Labute approximate surface area is 102 Å². The van der Waals surface area contributed by atoms with Crippen molar-refractivity contribution in [2.24, 2.45) is 0 Å². The first kappa shape index (κ1) is 13.4. The number of thiazole rings is 1. The minimum absolute atomic E-state index is 0.343. The van der Waals surface area contributed by atoms with Crippen molar-refractivity contribution in [1.82, 2.24) is 15.6 Å². The molecule has 1 atom stereocenters. The van der Waals surface area contributed by atoms with E-state index in [9.17, 15) is 0 Å². The van der Waals surface area contributed by atoms with Crippen LogP contribution in [-0.4, -0.2) is 24.6 Å². The maximum absolute atomic E-state index is 4.42. The Morgan fingerprint density at radius 3 is 3.00 bits per heavy atom. The third-order valence-electron chi connectivity index (χ3n) is 2.33. The molecule has 1 aromatic heterocycles. The molecular weight excluding hydrogens is 218 g/mol. The van der Waals surface area contributed by atoms with Crippen molar-refractivity contribution in [3.05, 3.63) is 28.7 Å². The summed E-state index contributed by atoms with van der Waals surface area (Å²) in [5.74, 6) is 0. The van der Waals surface area contributed by atoms with Crippen LogP contribution in [0.1, 0.15) is 29.8 Å². The van der Waals surface area contributed by atoms with E-state index in [0.717, 1.165) is 26.1 Å². The number of aryl methyl sites for hydroxylation is 1. The number of aromatic nitrogens is 1. The quantitative estimate of drug-likeness (QED) is 0.539. The summed E-state index contributed by atoms with van der Waals surface area (Å²) in [5, 5.41) is 7.89. The molecule has 1 aromatic rings. The Morgan fingerprint density at radius 1 is 1.56 bits per heavy atom. The van der Waals surface area contributed by atoms with Gasteiger partial charge in [0.25, 0.3) is 0 Å². The molecule has 0 bridgehead atoms. The van der Waals surface area contributed by atoms with E-state index in [1.807, 2.05) is 12.3 Å². The fourth-order valence-corrected chi connectivity index (χ4v) is 2.24. The standard InChI is InChI=1S/C12H21N3S/c1-4-6-13-7-8-14-10(3)12-15-9-11(5-2)16-12/h4,9-10,13-14H,1,5-8H2,2-3H3. The first-order chi connectivity index (χ1) is 7.77. The zero-order valence-corrected chi connectivity index (χ0v) is 10.9. The smallest absolute Gasteiger partial charge is 0.109 e. The number of nitrogens with one attached hydrogen (secondary N) is 2. The lowest BCUT2D eigenvalue weighted by Gasteiger charge is -2.10. The van der Waals surface area contributed by atoms with E-state index in [1.54, 1.807) is 11.3 Å². The highest BCUT2D eigenvalue weighted by atomic mass is 32.1. The van der Waals surface area contributed by atoms with Crippen molar-refractivity contribution < 1.29 is 0 Å². The van der Waals surface area contributed by atoms with E-state index >= 15 is 0 Å². The predicted octanol–water partition coefficient (Wildman–Crippen LogP) is 2.13. The summed E-state index contributed by atoms with van der Waals surface area (Å²) in [6.07, 6.45) is 4.93. The van der Waals surface area contributed by atoms with Gasteiger partial charge in [0.05, 0.1) is 6.04 Å². The van der Waals surface area contributed by atoms with Crippen LogP contribution in [0.15, 0.2) is 18.9 Å². The first-order valence-electron chi connectivity index (χ1n) is 5.77. The molecule has 16 heavy (non-hydrogen) atoms. The minimum Gasteiger partial charge on any atom is -0.312 e. The van der Waals surface area contributed by atoms with E-state index in [2.05, 4.69) is 36.0 Å². The van der Waals surface area contributed by atoms with Gasteiger partial charge in [0.15, 0.2) is 0 Å². The summed E-state index contributed by atoms with van der Waals surface area (Å²) in [5.41, 5.74) is 0. The Morgan fingerprint density at radius 2 is 2.38 bits per heavy atom. The minimum atomic E-state index is 0.343. The number of nitrogens with zero attached hydrogens (tertiary/aromatic N) is 1. The molecule has 1 rings (SSSR count). The molecule has 0 aliphatic heterocycles. The lowest BCUT2D eigenvalue weighted by Crippen LogP contribution is -2.29. The van der Waals surface area contributed by atoms with E-state index in [-0.39, 0.29) is 0 Å². The summed E-state index contributed by atoms with van der Waals surface area (Å²) < 4.78 is 0. The van der Waals surface area contributed by atoms with Gasteiger partial charge in [-0.15, -0.1) is 17.9 Å². The van der Waals surface area contributed by atoms with Crippen LogP contribution >= 0.6 is 11.3 Å². The number of hydrogen-bond donors (Lipinski definition) is 2. The van der Waals surface area contributed by atoms with Gasteiger partial charge in [-0.1, -0.05) is 13.0 Å². The average Bonchev–Trinajstić information content (AvgIpc) is 2.77. The van der Waals surface area contributed by atoms with Gasteiger partial charge in [-0.05, 0) is 13.3 Å². The van der Waals surface area contributed by atoms with E-state index in [0.29, 0.717) is 6.04 Å². The summed E-state index contributed by atoms with van der Waals surface area (Å²) >= 11 is 1.80. The fourth-order valence-electron chi connectivity index (χ4n) is 1.35. The molecule has 1 unspecified atom stereocenters. The molecule has 0 aromatic carbocycles. The average molecular weight is 239 g/mol. The Bertz CT molecular complexity index is 309. The largest absolute Gasteiger partial charge is 0.312 e. The molecule has 0 saturated heterocycles. The first-order valence-corrected chi connectivity index (χ1v) is 6.59. The van der Waals surface area contributed by atoms with Crippen LogP contribution in [0.5, 0.6) is 0 Å². The van der Waals surface area contributed by atoms with Crippen molar-refractivity contribution in [1.29, 1.82) is 0 Å². The highest BCUT2D eigenvalue weighted by Gasteiger charge is 2.08. The molecule has 0 aliphatic carbocycles. The number of rotatable bonds is 8. The third kappa shape index (κ3) is 4.43. The van der Waals surface area contributed by atoms with Crippen molar-refractivity contribution in [3.8, 4) is 0 Å². The molecule has 0 radical (unpaired) electrons. The maximum atomic E-state index is 4.42. The van der Waals surface area contributed by atoms with Gasteiger partial charge < -0.3 is 10.6 Å². The van der Waals surface area contributed by atoms with Crippen LogP contribution in [-0.2, 0) is 6.42 Å². The van der Waals surface area contributed by atoms with Crippen molar-refractivity contribution in [2.45, 2.75) is 26.3 Å². The van der Waals surface area contributed by atoms with Gasteiger partial charge in [0.1, 0.15) is 5.01 Å². The topological polar surface area (TPSA) is 37.0 Å². The Hall–Kier alpha value is -0.710. The SMILES string of the molecule is C=CCNCCNC(C)c1ncc(CC)s1. The second kappa shape index (κ2) is 7.54. The van der Waals surface area contributed by atoms with Gasteiger partial charge in [0, 0.05) is 30.7 Å². The van der Waals surface area contributed by atoms with Gasteiger partial charge in [-0.2, -0.15) is 0 Å². The van der Waals surface area contributed by atoms with Gasteiger partial charge >= 0.3 is 0 Å². The van der Waals surface area contributed by atoms with Crippen molar-refractivity contribution >= 4 is 11.3 Å². The monoisotopic (exact) mass is 239 g/mol. The lowest BCUT2D eigenvalue weighted by molar-refractivity contribution is 0.554. The van der Waals surface area contributed by atoms with Crippen LogP contribution < -0.4 is 10.6 Å². The fraction of sp³-hybridized carbons (Fsp3) is 0.583. The molecule has 90 valence electrons. The summed E-state index contributed by atoms with van der Waals surface area (Å²) in [4.78, 5) is 5.78. The summed E-state index contributed by atoms with van der Waals surface area (Å²) in [6, 6.07) is 0.343. The molecule has 0 spiro atoms. The molecule has 2 N–H and O–H groups in total. The van der Waals surface area contributed by atoms with Gasteiger partial charge in [-0.25, -0.2) is 4.98 Å². The van der Waals surface area contributed by atoms with E-state index in [4.69, 9.17) is 0 Å². The molecule has 3 nitrogen and oxygen atoms in total. The highest BCUT2D eigenvalue weighted by Crippen LogP contribution is 2.19. The van der Waals surface area contributed by atoms with E-state index < -0.39 is 0 Å². The van der Waals surface area contributed by atoms with Crippen LogP contribution in [0.25, 0.3) is 0 Å². The highest BCUT2D eigenvalue weighted by molar-refractivity contribution is 7.11. The zero-order chi connectivity index (χ0) is 11.8. The van der Waals surface area contributed by atoms with Crippen LogP contribution in [0, 0.1) is 0 Å². The summed E-state index contributed by atoms with van der Waals surface area (Å²) in [6.45, 7) is 10.8. The van der Waals surface area contributed by atoms with Crippen LogP contribution in [0.3, 0.4) is 0 Å². The second-order valence-corrected chi connectivity index (χ2v) is 4.83. The molecular formula is C12H21N3S. The second-order valence-electron chi connectivity index (χ2n) is 3.69. The third-order valence-corrected chi connectivity index (χ3v) is 3.66. The van der Waals surface area contributed by atoms with E-state index in [1.165, 1.54) is 9.88 Å². The predicted molar refractivity (Wildman–Crippen MR) is 71.0 cm³/mol. The Balaban J connectivity index is 2.23. The van der Waals surface area contributed by atoms with Crippen LogP contribution in [0.2, 0.25) is 0 Å². The summed E-state index contributed by atoms with van der Waals surface area (Å²) in [7, 11) is 0. The molecule has 0 aliphatic rings. The number of hydrogen-bond acceptors (Lipinski definition) is 4. The van der Waals surface area contributed by atoms with Gasteiger partial charge in [0.2, 0.25) is 0 Å². The zero-order valence-electron chi connectivity index (χ0n) is 10.1. The van der Waals surface area contributed by atoms with Crippen LogP contribution in [0.4, 0.5) is 0 Å².